The second-order valence-electron chi connectivity index (χ2n) is 2.73. The lowest BCUT2D eigenvalue weighted by atomic mass is 10.1. The summed E-state index contributed by atoms with van der Waals surface area (Å²) in [5, 5.41) is 9.48. The fraction of sp³-hybridized carbons (Fsp3) is 0.400. The van der Waals surface area contributed by atoms with Crippen LogP contribution >= 0.6 is 0 Å². The van der Waals surface area contributed by atoms with Crippen LogP contribution < -0.4 is 0 Å². The van der Waals surface area contributed by atoms with Crippen molar-refractivity contribution >= 4 is 0 Å². The van der Waals surface area contributed by atoms with E-state index in [1.54, 1.807) is 12.1 Å². The van der Waals surface area contributed by atoms with Crippen LogP contribution in [0.25, 0.3) is 0 Å². The van der Waals surface area contributed by atoms with Crippen LogP contribution in [0, 0.1) is 5.82 Å². The van der Waals surface area contributed by atoms with E-state index in [9.17, 15) is 9.50 Å². The molecule has 0 heterocycles. The Labute approximate surface area is 77.0 Å². The van der Waals surface area contributed by atoms with Crippen LogP contribution in [0.15, 0.2) is 24.3 Å². The molecule has 0 aliphatic heterocycles. The molecule has 3 heteroatoms. The van der Waals surface area contributed by atoms with Crippen LogP contribution in [-0.2, 0) is 4.74 Å². The number of hydrogen-bond donors (Lipinski definition) is 1. The molecule has 0 aliphatic carbocycles. The molecule has 1 aromatic rings. The maximum absolute atomic E-state index is 12.7. The van der Waals surface area contributed by atoms with Gasteiger partial charge in [0.25, 0.3) is 0 Å². The number of halogens is 1. The second kappa shape index (κ2) is 4.94. The first-order chi connectivity index (χ1) is 6.24. The molecule has 1 N–H and O–H groups in total. The van der Waals surface area contributed by atoms with E-state index in [0.717, 1.165) is 0 Å². The van der Waals surface area contributed by atoms with E-state index in [-0.39, 0.29) is 12.4 Å². The number of rotatable bonds is 4. The van der Waals surface area contributed by atoms with Crippen LogP contribution in [0.4, 0.5) is 4.39 Å². The average molecular weight is 184 g/mol. The van der Waals surface area contributed by atoms with Crippen molar-refractivity contribution in [1.82, 2.24) is 0 Å². The van der Waals surface area contributed by atoms with Gasteiger partial charge in [-0.25, -0.2) is 4.39 Å². The molecule has 0 saturated heterocycles. The van der Waals surface area contributed by atoms with Crippen molar-refractivity contribution in [1.29, 1.82) is 0 Å². The first-order valence-corrected chi connectivity index (χ1v) is 4.25. The molecule has 1 unspecified atom stereocenters. The van der Waals surface area contributed by atoms with E-state index < -0.39 is 6.10 Å². The van der Waals surface area contributed by atoms with Crippen LogP contribution in [-0.4, -0.2) is 18.3 Å². The third-order valence-corrected chi connectivity index (χ3v) is 1.71. The molecule has 0 amide bonds. The van der Waals surface area contributed by atoms with E-state index in [2.05, 4.69) is 0 Å². The van der Waals surface area contributed by atoms with Crippen molar-refractivity contribution in [2.45, 2.75) is 13.0 Å². The van der Waals surface area contributed by atoms with Gasteiger partial charge in [-0.2, -0.15) is 0 Å². The molecule has 1 aromatic carbocycles. The minimum atomic E-state index is -0.740. The Morgan fingerprint density at radius 1 is 1.54 bits per heavy atom. The Kier molecular flexibility index (Phi) is 3.86. The Balaban J connectivity index is 2.60. The minimum absolute atomic E-state index is 0.208. The Morgan fingerprint density at radius 2 is 2.31 bits per heavy atom. The summed E-state index contributed by atoms with van der Waals surface area (Å²) in [7, 11) is 0. The summed E-state index contributed by atoms with van der Waals surface area (Å²) >= 11 is 0. The Bertz CT molecular complexity index is 263. The second-order valence-corrected chi connectivity index (χ2v) is 2.73. The topological polar surface area (TPSA) is 29.5 Å². The lowest BCUT2D eigenvalue weighted by molar-refractivity contribution is 0.0419. The van der Waals surface area contributed by atoms with Gasteiger partial charge < -0.3 is 9.84 Å². The highest BCUT2D eigenvalue weighted by Crippen LogP contribution is 2.13. The van der Waals surface area contributed by atoms with E-state index in [0.29, 0.717) is 12.2 Å². The van der Waals surface area contributed by atoms with Crippen LogP contribution in [0.1, 0.15) is 18.6 Å². The van der Waals surface area contributed by atoms with Crippen molar-refractivity contribution in [3.8, 4) is 0 Å². The highest BCUT2D eigenvalue weighted by molar-refractivity contribution is 5.18. The van der Waals surface area contributed by atoms with Crippen molar-refractivity contribution in [2.75, 3.05) is 13.2 Å². The number of ether oxygens (including phenoxy) is 1. The third-order valence-electron chi connectivity index (χ3n) is 1.71. The summed E-state index contributed by atoms with van der Waals surface area (Å²) in [6.07, 6.45) is -0.740. The molecular weight excluding hydrogens is 171 g/mol. The van der Waals surface area contributed by atoms with Gasteiger partial charge in [0.1, 0.15) is 11.9 Å². The predicted molar refractivity (Wildman–Crippen MR) is 47.9 cm³/mol. The standard InChI is InChI=1S/C10H13FO2/c1-2-13-7-10(12)8-4-3-5-9(11)6-8/h3-6,10,12H,2,7H2,1H3. The molecule has 0 saturated carbocycles. The van der Waals surface area contributed by atoms with Gasteiger partial charge in [-0.05, 0) is 24.6 Å². The summed E-state index contributed by atoms with van der Waals surface area (Å²) in [6.45, 7) is 2.60. The molecule has 0 bridgehead atoms. The van der Waals surface area contributed by atoms with Crippen molar-refractivity contribution in [3.05, 3.63) is 35.6 Å². The Hall–Kier alpha value is -0.930. The Morgan fingerprint density at radius 3 is 2.92 bits per heavy atom. The first kappa shape index (κ1) is 10.2. The number of aliphatic hydroxyl groups is 1. The lowest BCUT2D eigenvalue weighted by Gasteiger charge is -2.10. The van der Waals surface area contributed by atoms with E-state index in [1.165, 1.54) is 12.1 Å². The van der Waals surface area contributed by atoms with E-state index in [4.69, 9.17) is 4.74 Å². The molecule has 2 nitrogen and oxygen atoms in total. The fourth-order valence-electron chi connectivity index (χ4n) is 1.04. The van der Waals surface area contributed by atoms with Crippen LogP contribution in [0.3, 0.4) is 0 Å². The van der Waals surface area contributed by atoms with E-state index in [1.807, 2.05) is 6.92 Å². The molecule has 0 aromatic heterocycles. The van der Waals surface area contributed by atoms with Gasteiger partial charge in [0.2, 0.25) is 0 Å². The zero-order valence-corrected chi connectivity index (χ0v) is 7.53. The molecule has 1 atom stereocenters. The first-order valence-electron chi connectivity index (χ1n) is 4.25. The number of hydrogen-bond acceptors (Lipinski definition) is 2. The smallest absolute Gasteiger partial charge is 0.123 e. The maximum atomic E-state index is 12.7. The van der Waals surface area contributed by atoms with Gasteiger partial charge >= 0.3 is 0 Å². The SMILES string of the molecule is CCOCC(O)c1cccc(F)c1. The van der Waals surface area contributed by atoms with Crippen LogP contribution in [0.2, 0.25) is 0 Å². The molecule has 0 aliphatic rings. The van der Waals surface area contributed by atoms with Crippen LogP contribution in [0.5, 0.6) is 0 Å². The molecular formula is C10H13FO2. The highest BCUT2D eigenvalue weighted by Gasteiger charge is 2.07. The summed E-state index contributed by atoms with van der Waals surface area (Å²) in [4.78, 5) is 0. The highest BCUT2D eigenvalue weighted by atomic mass is 19.1. The van der Waals surface area contributed by atoms with Gasteiger partial charge in [-0.1, -0.05) is 12.1 Å². The van der Waals surface area contributed by atoms with Crippen molar-refractivity contribution in [3.63, 3.8) is 0 Å². The minimum Gasteiger partial charge on any atom is -0.386 e. The third kappa shape index (κ3) is 3.13. The van der Waals surface area contributed by atoms with Gasteiger partial charge in [-0.3, -0.25) is 0 Å². The zero-order chi connectivity index (χ0) is 9.68. The lowest BCUT2D eigenvalue weighted by Crippen LogP contribution is -2.07. The average Bonchev–Trinajstić information content (AvgIpc) is 2.14. The predicted octanol–water partition coefficient (Wildman–Crippen LogP) is 1.90. The quantitative estimate of drug-likeness (QED) is 0.774. The molecule has 0 fully saturated rings. The van der Waals surface area contributed by atoms with Gasteiger partial charge in [0, 0.05) is 6.61 Å². The molecule has 0 spiro atoms. The van der Waals surface area contributed by atoms with Gasteiger partial charge in [-0.15, -0.1) is 0 Å². The van der Waals surface area contributed by atoms with Gasteiger partial charge in [0.05, 0.1) is 6.61 Å². The maximum Gasteiger partial charge on any atom is 0.123 e. The molecule has 72 valence electrons. The zero-order valence-electron chi connectivity index (χ0n) is 7.53. The van der Waals surface area contributed by atoms with Crippen molar-refractivity contribution < 1.29 is 14.2 Å². The van der Waals surface area contributed by atoms with Gasteiger partial charge in [0.15, 0.2) is 0 Å². The molecule has 1 rings (SSSR count). The number of benzene rings is 1. The largest absolute Gasteiger partial charge is 0.386 e. The van der Waals surface area contributed by atoms with E-state index >= 15 is 0 Å². The molecule has 13 heavy (non-hydrogen) atoms. The summed E-state index contributed by atoms with van der Waals surface area (Å²) in [6, 6.07) is 5.90. The summed E-state index contributed by atoms with van der Waals surface area (Å²) in [5.41, 5.74) is 0.549. The molecule has 0 radical (unpaired) electrons. The number of aliphatic hydroxyl groups excluding tert-OH is 1. The van der Waals surface area contributed by atoms with Crippen molar-refractivity contribution in [2.24, 2.45) is 0 Å². The monoisotopic (exact) mass is 184 g/mol. The summed E-state index contributed by atoms with van der Waals surface area (Å²) < 4.78 is 17.7. The normalized spacial score (nSPS) is 12.8. The summed E-state index contributed by atoms with van der Waals surface area (Å²) in [5.74, 6) is -0.340. The fourth-order valence-corrected chi connectivity index (χ4v) is 1.04.